The Labute approximate surface area is 227 Å². The molecule has 0 radical (unpaired) electrons. The lowest BCUT2D eigenvalue weighted by molar-refractivity contribution is -0.141. The molecule has 0 spiro atoms. The first kappa shape index (κ1) is 27.6. The number of rotatable bonds is 8. The number of ether oxygens (including phenoxy) is 3. The largest absolute Gasteiger partial charge is 0.487 e. The summed E-state index contributed by atoms with van der Waals surface area (Å²) in [5.41, 5.74) is 4.21. The normalized spacial score (nSPS) is 11.3. The van der Waals surface area contributed by atoms with E-state index in [0.29, 0.717) is 22.3 Å². The van der Waals surface area contributed by atoms with Crippen LogP contribution in [-0.2, 0) is 27.3 Å². The fraction of sp³-hybridized carbons (Fsp3) is 0.250. The Balaban J connectivity index is 1.49. The molecule has 0 bridgehead atoms. The number of aryl methyl sites for hydroxylation is 1. The third-order valence-electron chi connectivity index (χ3n) is 5.97. The van der Waals surface area contributed by atoms with Gasteiger partial charge in [-0.2, -0.15) is 0 Å². The lowest BCUT2D eigenvalue weighted by Gasteiger charge is -2.21. The van der Waals surface area contributed by atoms with Crippen LogP contribution in [0.4, 0.5) is 9.18 Å². The predicted molar refractivity (Wildman–Crippen MR) is 149 cm³/mol. The van der Waals surface area contributed by atoms with Crippen molar-refractivity contribution >= 4 is 23.0 Å². The minimum Gasteiger partial charge on any atom is -0.487 e. The van der Waals surface area contributed by atoms with E-state index in [0.717, 1.165) is 22.3 Å². The minimum atomic E-state index is -0.708. The van der Waals surface area contributed by atoms with Crippen LogP contribution in [0.2, 0.25) is 0 Å². The SMILES string of the molecule is C=CCOC(=O)Cc1ccc(-c2ccc(OCc3cc4ccc(F)cc4n3C(=O)OC(C)(C)C)cc2)c(C)c1. The maximum atomic E-state index is 14.0. The van der Waals surface area contributed by atoms with Crippen molar-refractivity contribution in [2.45, 2.75) is 46.3 Å². The molecular formula is C32H32FNO5. The quantitative estimate of drug-likeness (QED) is 0.176. The molecular weight excluding hydrogens is 497 g/mol. The van der Waals surface area contributed by atoms with Gasteiger partial charge in [-0.25, -0.2) is 13.8 Å². The molecule has 6 nitrogen and oxygen atoms in total. The molecule has 0 fully saturated rings. The highest BCUT2D eigenvalue weighted by Gasteiger charge is 2.23. The monoisotopic (exact) mass is 529 g/mol. The molecule has 1 aromatic heterocycles. The van der Waals surface area contributed by atoms with Gasteiger partial charge in [-0.1, -0.05) is 43.0 Å². The number of esters is 1. The molecule has 0 atom stereocenters. The first-order chi connectivity index (χ1) is 18.5. The average Bonchev–Trinajstić information content (AvgIpc) is 3.23. The van der Waals surface area contributed by atoms with Crippen molar-refractivity contribution in [3.8, 4) is 16.9 Å². The molecule has 0 unspecified atom stereocenters. The number of hydrogen-bond donors (Lipinski definition) is 0. The molecule has 4 aromatic rings. The minimum absolute atomic E-state index is 0.0879. The van der Waals surface area contributed by atoms with Gasteiger partial charge in [0.25, 0.3) is 0 Å². The molecule has 0 saturated heterocycles. The van der Waals surface area contributed by atoms with Crippen molar-refractivity contribution in [2.75, 3.05) is 6.61 Å². The van der Waals surface area contributed by atoms with E-state index in [1.165, 1.54) is 16.7 Å². The van der Waals surface area contributed by atoms with Gasteiger partial charge in [-0.15, -0.1) is 0 Å². The van der Waals surface area contributed by atoms with Crippen LogP contribution < -0.4 is 4.74 Å². The van der Waals surface area contributed by atoms with Crippen LogP contribution in [0.1, 0.15) is 37.6 Å². The van der Waals surface area contributed by atoms with Crippen LogP contribution in [0.5, 0.6) is 5.75 Å². The number of nitrogens with zero attached hydrogens (tertiary/aromatic N) is 1. The number of fused-ring (bicyclic) bond motifs is 1. The Bertz CT molecular complexity index is 1510. The molecule has 0 amide bonds. The summed E-state index contributed by atoms with van der Waals surface area (Å²) in [5, 5.41) is 0.712. The Morgan fingerprint density at radius 1 is 1.00 bits per heavy atom. The van der Waals surface area contributed by atoms with E-state index in [-0.39, 0.29) is 25.6 Å². The van der Waals surface area contributed by atoms with Crippen molar-refractivity contribution in [2.24, 2.45) is 0 Å². The van der Waals surface area contributed by atoms with E-state index < -0.39 is 17.5 Å². The van der Waals surface area contributed by atoms with E-state index in [9.17, 15) is 14.0 Å². The topological polar surface area (TPSA) is 66.8 Å². The number of carbonyl (C=O) groups excluding carboxylic acids is 2. The predicted octanol–water partition coefficient (Wildman–Crippen LogP) is 7.39. The fourth-order valence-electron chi connectivity index (χ4n) is 4.28. The number of hydrogen-bond acceptors (Lipinski definition) is 5. The molecule has 7 heteroatoms. The third-order valence-corrected chi connectivity index (χ3v) is 5.97. The van der Waals surface area contributed by atoms with Crippen LogP contribution in [0, 0.1) is 12.7 Å². The molecule has 0 aliphatic carbocycles. The van der Waals surface area contributed by atoms with Crippen molar-refractivity contribution in [1.29, 1.82) is 0 Å². The van der Waals surface area contributed by atoms with E-state index in [2.05, 4.69) is 6.58 Å². The molecule has 4 rings (SSSR count). The van der Waals surface area contributed by atoms with Gasteiger partial charge in [0.1, 0.15) is 30.4 Å². The highest BCUT2D eigenvalue weighted by atomic mass is 19.1. The smallest absolute Gasteiger partial charge is 0.419 e. The van der Waals surface area contributed by atoms with E-state index >= 15 is 0 Å². The van der Waals surface area contributed by atoms with Crippen molar-refractivity contribution in [3.63, 3.8) is 0 Å². The van der Waals surface area contributed by atoms with E-state index in [1.54, 1.807) is 39.0 Å². The van der Waals surface area contributed by atoms with Crippen molar-refractivity contribution in [1.82, 2.24) is 4.57 Å². The van der Waals surface area contributed by atoms with Gasteiger partial charge in [-0.3, -0.25) is 4.79 Å². The average molecular weight is 530 g/mol. The zero-order valence-corrected chi connectivity index (χ0v) is 22.6. The molecule has 3 aromatic carbocycles. The summed E-state index contributed by atoms with van der Waals surface area (Å²) in [7, 11) is 0. The molecule has 202 valence electrons. The lowest BCUT2D eigenvalue weighted by atomic mass is 9.97. The maximum Gasteiger partial charge on any atom is 0.419 e. The summed E-state index contributed by atoms with van der Waals surface area (Å²) >= 11 is 0. The van der Waals surface area contributed by atoms with Gasteiger partial charge >= 0.3 is 12.1 Å². The zero-order chi connectivity index (χ0) is 28.2. The van der Waals surface area contributed by atoms with Crippen LogP contribution in [0.3, 0.4) is 0 Å². The van der Waals surface area contributed by atoms with Crippen molar-refractivity contribution < 1.29 is 28.2 Å². The highest BCUT2D eigenvalue weighted by molar-refractivity contribution is 5.91. The first-order valence-corrected chi connectivity index (χ1v) is 12.7. The highest BCUT2D eigenvalue weighted by Crippen LogP contribution is 2.28. The number of benzene rings is 3. The number of halogens is 1. The first-order valence-electron chi connectivity index (χ1n) is 12.7. The molecule has 39 heavy (non-hydrogen) atoms. The lowest BCUT2D eigenvalue weighted by Crippen LogP contribution is -2.28. The van der Waals surface area contributed by atoms with Gasteiger partial charge in [0.05, 0.1) is 17.6 Å². The standard InChI is InChI=1S/C32H32FNO5/c1-6-15-37-30(35)17-22-7-14-28(21(2)16-22)23-9-12-27(13-10-23)38-20-26-18-24-8-11-25(33)19-29(24)34(26)31(36)39-32(3,4)5/h6-14,16,18-19H,1,15,17,20H2,2-5H3. The van der Waals surface area contributed by atoms with Gasteiger partial charge in [0.15, 0.2) is 0 Å². The van der Waals surface area contributed by atoms with Gasteiger partial charge in [0.2, 0.25) is 0 Å². The third kappa shape index (κ3) is 6.93. The van der Waals surface area contributed by atoms with E-state index in [1.807, 2.05) is 49.4 Å². The summed E-state index contributed by atoms with van der Waals surface area (Å²) in [5.74, 6) is -0.117. The summed E-state index contributed by atoms with van der Waals surface area (Å²) < 4.78 is 32.0. The molecule has 1 heterocycles. The second-order valence-electron chi connectivity index (χ2n) is 10.3. The van der Waals surface area contributed by atoms with Crippen molar-refractivity contribution in [3.05, 3.63) is 102 Å². The second-order valence-corrected chi connectivity index (χ2v) is 10.3. The number of aromatic nitrogens is 1. The Morgan fingerprint density at radius 2 is 1.74 bits per heavy atom. The van der Waals surface area contributed by atoms with Crippen LogP contribution >= 0.6 is 0 Å². The van der Waals surface area contributed by atoms with Gasteiger partial charge < -0.3 is 14.2 Å². The number of carbonyl (C=O) groups is 2. The van der Waals surface area contributed by atoms with Gasteiger partial charge in [0, 0.05) is 5.39 Å². The molecule has 0 aliphatic heterocycles. The maximum absolute atomic E-state index is 14.0. The van der Waals surface area contributed by atoms with E-state index in [4.69, 9.17) is 14.2 Å². The van der Waals surface area contributed by atoms with Gasteiger partial charge in [-0.05, 0) is 86.3 Å². The summed E-state index contributed by atoms with van der Waals surface area (Å²) in [4.78, 5) is 24.9. The molecule has 0 saturated carbocycles. The second kappa shape index (κ2) is 11.6. The summed E-state index contributed by atoms with van der Waals surface area (Å²) in [6.07, 6.45) is 1.15. The van der Waals surface area contributed by atoms with Crippen LogP contribution in [0.25, 0.3) is 22.0 Å². The molecule has 0 N–H and O–H groups in total. The van der Waals surface area contributed by atoms with Crippen LogP contribution in [-0.4, -0.2) is 28.8 Å². The summed E-state index contributed by atoms with van der Waals surface area (Å²) in [6, 6.07) is 19.6. The summed E-state index contributed by atoms with van der Waals surface area (Å²) in [6.45, 7) is 11.2. The Kier molecular flexibility index (Phi) is 8.19. The Morgan fingerprint density at radius 3 is 2.41 bits per heavy atom. The van der Waals surface area contributed by atoms with Crippen LogP contribution in [0.15, 0.2) is 79.4 Å². The zero-order valence-electron chi connectivity index (χ0n) is 22.6. The fourth-order valence-corrected chi connectivity index (χ4v) is 4.28. The molecule has 0 aliphatic rings. The Hall–Kier alpha value is -4.39.